The quantitative estimate of drug-likeness (QED) is 0.619. The summed E-state index contributed by atoms with van der Waals surface area (Å²) in [5, 5.41) is 0. The van der Waals surface area contributed by atoms with Crippen molar-refractivity contribution in [2.45, 2.75) is 25.4 Å². The lowest BCUT2D eigenvalue weighted by Crippen LogP contribution is -2.58. The maximum atomic E-state index is 12.5. The van der Waals surface area contributed by atoms with E-state index in [0.29, 0.717) is 32.1 Å². The zero-order valence-corrected chi connectivity index (χ0v) is 12.8. The van der Waals surface area contributed by atoms with Crippen LogP contribution >= 0.6 is 0 Å². The highest BCUT2D eigenvalue weighted by molar-refractivity contribution is 5.91. The molecule has 2 saturated heterocycles. The molecule has 0 bridgehead atoms. The molecule has 0 N–H and O–H groups in total. The van der Waals surface area contributed by atoms with Gasteiger partial charge in [-0.25, -0.2) is 0 Å². The molecule has 22 heavy (non-hydrogen) atoms. The van der Waals surface area contributed by atoms with Crippen molar-refractivity contribution in [2.75, 3.05) is 32.9 Å². The first kappa shape index (κ1) is 15.3. The first-order valence-corrected chi connectivity index (χ1v) is 7.88. The third kappa shape index (κ3) is 2.96. The Morgan fingerprint density at radius 1 is 1.59 bits per heavy atom. The van der Waals surface area contributed by atoms with Gasteiger partial charge in [-0.2, -0.15) is 0 Å². The lowest BCUT2D eigenvalue weighted by atomic mass is 9.73. The fraction of sp³-hybridized carbons (Fsp3) is 0.588. The SMILES string of the molecule is C=CCOC[C@]12CCCO[C@@H]1CCN(C(=O)c1ccco1)C2. The average molecular weight is 305 g/mol. The molecule has 2 aliphatic rings. The number of nitrogens with zero attached hydrogens (tertiary/aromatic N) is 1. The maximum absolute atomic E-state index is 12.5. The van der Waals surface area contributed by atoms with Crippen molar-refractivity contribution >= 4 is 5.91 Å². The third-order valence-corrected chi connectivity index (χ3v) is 4.63. The first-order chi connectivity index (χ1) is 10.7. The van der Waals surface area contributed by atoms with E-state index in [1.165, 1.54) is 6.26 Å². The Labute approximate surface area is 130 Å². The number of piperidine rings is 1. The number of carbonyl (C=O) groups is 1. The van der Waals surface area contributed by atoms with E-state index in [9.17, 15) is 4.79 Å². The Balaban J connectivity index is 1.74. The second-order valence-electron chi connectivity index (χ2n) is 6.12. The lowest BCUT2D eigenvalue weighted by molar-refractivity contribution is -0.145. The lowest BCUT2D eigenvalue weighted by Gasteiger charge is -2.50. The van der Waals surface area contributed by atoms with Crippen LogP contribution in [0.3, 0.4) is 0 Å². The molecule has 0 saturated carbocycles. The highest BCUT2D eigenvalue weighted by atomic mass is 16.5. The summed E-state index contributed by atoms with van der Waals surface area (Å²) in [6.07, 6.45) is 6.35. The number of ether oxygens (including phenoxy) is 2. The minimum absolute atomic E-state index is 0.0443. The number of likely N-dealkylation sites (tertiary alicyclic amines) is 1. The van der Waals surface area contributed by atoms with Crippen LogP contribution in [0.25, 0.3) is 0 Å². The van der Waals surface area contributed by atoms with E-state index < -0.39 is 0 Å². The van der Waals surface area contributed by atoms with Crippen LogP contribution in [0.5, 0.6) is 0 Å². The molecular formula is C17H23NO4. The Hall–Kier alpha value is -1.59. The number of carbonyl (C=O) groups excluding carboxylic acids is 1. The number of fused-ring (bicyclic) bond motifs is 1. The Bertz CT molecular complexity index is 513. The summed E-state index contributed by atoms with van der Waals surface area (Å²) in [4.78, 5) is 14.4. The molecule has 2 aliphatic heterocycles. The molecule has 0 spiro atoms. The van der Waals surface area contributed by atoms with Gasteiger partial charge in [-0.3, -0.25) is 4.79 Å². The van der Waals surface area contributed by atoms with Crippen LogP contribution in [-0.2, 0) is 9.47 Å². The number of amides is 1. The molecule has 0 aromatic carbocycles. The standard InChI is InChI=1S/C17H23NO4/c1-2-9-20-13-17-7-4-11-22-15(17)6-8-18(12-17)16(19)14-5-3-10-21-14/h2-3,5,10,15H,1,4,6-9,11-13H2/t15-,17-/m1/s1. The Kier molecular flexibility index (Phi) is 4.64. The fourth-order valence-electron chi connectivity index (χ4n) is 3.58. The second-order valence-corrected chi connectivity index (χ2v) is 6.12. The topological polar surface area (TPSA) is 51.9 Å². The number of furan rings is 1. The van der Waals surface area contributed by atoms with Crippen LogP contribution in [0.4, 0.5) is 0 Å². The van der Waals surface area contributed by atoms with Crippen molar-refractivity contribution in [3.8, 4) is 0 Å². The summed E-state index contributed by atoms with van der Waals surface area (Å²) in [7, 11) is 0. The van der Waals surface area contributed by atoms with E-state index in [2.05, 4.69) is 6.58 Å². The molecule has 1 aromatic rings. The van der Waals surface area contributed by atoms with Gasteiger partial charge in [0.25, 0.3) is 5.91 Å². The average Bonchev–Trinajstić information content (AvgIpc) is 3.08. The molecular weight excluding hydrogens is 282 g/mol. The van der Waals surface area contributed by atoms with Crippen LogP contribution in [0.2, 0.25) is 0 Å². The molecule has 0 unspecified atom stereocenters. The maximum Gasteiger partial charge on any atom is 0.289 e. The van der Waals surface area contributed by atoms with Gasteiger partial charge in [0, 0.05) is 25.1 Å². The second kappa shape index (κ2) is 6.67. The molecule has 3 rings (SSSR count). The summed E-state index contributed by atoms with van der Waals surface area (Å²) in [6.45, 7) is 6.99. The number of rotatable bonds is 5. The van der Waals surface area contributed by atoms with Crippen molar-refractivity contribution in [3.63, 3.8) is 0 Å². The molecule has 2 atom stereocenters. The molecule has 5 heteroatoms. The molecule has 0 radical (unpaired) electrons. The van der Waals surface area contributed by atoms with Crippen molar-refractivity contribution in [3.05, 3.63) is 36.8 Å². The predicted octanol–water partition coefficient (Wildman–Crippen LogP) is 2.49. The molecule has 5 nitrogen and oxygen atoms in total. The van der Waals surface area contributed by atoms with Gasteiger partial charge in [0.05, 0.1) is 25.6 Å². The molecule has 2 fully saturated rings. The summed E-state index contributed by atoms with van der Waals surface area (Å²) in [5.41, 5.74) is -0.109. The van der Waals surface area contributed by atoms with E-state index in [1.807, 2.05) is 4.90 Å². The van der Waals surface area contributed by atoms with Gasteiger partial charge < -0.3 is 18.8 Å². The van der Waals surface area contributed by atoms with E-state index >= 15 is 0 Å². The van der Waals surface area contributed by atoms with Crippen molar-refractivity contribution in [2.24, 2.45) is 5.41 Å². The van der Waals surface area contributed by atoms with E-state index in [-0.39, 0.29) is 17.4 Å². The largest absolute Gasteiger partial charge is 0.459 e. The zero-order chi connectivity index (χ0) is 15.4. The summed E-state index contributed by atoms with van der Waals surface area (Å²) >= 11 is 0. The highest BCUT2D eigenvalue weighted by Gasteiger charge is 2.47. The molecule has 3 heterocycles. The van der Waals surface area contributed by atoms with Gasteiger partial charge in [-0.15, -0.1) is 6.58 Å². The number of hydrogen-bond donors (Lipinski definition) is 0. The van der Waals surface area contributed by atoms with Crippen molar-refractivity contribution in [1.29, 1.82) is 0 Å². The summed E-state index contributed by atoms with van der Waals surface area (Å²) in [6, 6.07) is 3.46. The molecule has 1 amide bonds. The van der Waals surface area contributed by atoms with E-state index in [4.69, 9.17) is 13.9 Å². The Morgan fingerprint density at radius 2 is 2.50 bits per heavy atom. The van der Waals surface area contributed by atoms with Crippen LogP contribution in [0.15, 0.2) is 35.5 Å². The van der Waals surface area contributed by atoms with Crippen LogP contribution in [-0.4, -0.2) is 49.8 Å². The zero-order valence-electron chi connectivity index (χ0n) is 12.8. The monoisotopic (exact) mass is 305 g/mol. The van der Waals surface area contributed by atoms with Crippen LogP contribution in [0, 0.1) is 5.41 Å². The smallest absolute Gasteiger partial charge is 0.289 e. The van der Waals surface area contributed by atoms with Gasteiger partial charge in [0.15, 0.2) is 5.76 Å². The summed E-state index contributed by atoms with van der Waals surface area (Å²) in [5.74, 6) is 0.356. The number of hydrogen-bond acceptors (Lipinski definition) is 4. The molecule has 0 aliphatic carbocycles. The highest BCUT2D eigenvalue weighted by Crippen LogP contribution is 2.40. The first-order valence-electron chi connectivity index (χ1n) is 7.88. The van der Waals surface area contributed by atoms with E-state index in [1.54, 1.807) is 18.2 Å². The minimum atomic E-state index is -0.109. The van der Waals surface area contributed by atoms with Gasteiger partial charge in [-0.1, -0.05) is 6.08 Å². The van der Waals surface area contributed by atoms with Crippen molar-refractivity contribution < 1.29 is 18.7 Å². The Morgan fingerprint density at radius 3 is 3.27 bits per heavy atom. The minimum Gasteiger partial charge on any atom is -0.459 e. The van der Waals surface area contributed by atoms with Gasteiger partial charge in [0.2, 0.25) is 0 Å². The van der Waals surface area contributed by atoms with Gasteiger partial charge >= 0.3 is 0 Å². The molecule has 120 valence electrons. The fourth-order valence-corrected chi connectivity index (χ4v) is 3.58. The van der Waals surface area contributed by atoms with Crippen molar-refractivity contribution in [1.82, 2.24) is 4.90 Å². The predicted molar refractivity (Wildman–Crippen MR) is 81.7 cm³/mol. The van der Waals surface area contributed by atoms with E-state index in [0.717, 1.165) is 25.9 Å². The third-order valence-electron chi connectivity index (χ3n) is 4.63. The van der Waals surface area contributed by atoms with Gasteiger partial charge in [-0.05, 0) is 31.4 Å². The van der Waals surface area contributed by atoms with Gasteiger partial charge in [0.1, 0.15) is 0 Å². The molecule has 1 aromatic heterocycles. The normalized spacial score (nSPS) is 28.2. The van der Waals surface area contributed by atoms with Crippen LogP contribution < -0.4 is 0 Å². The van der Waals surface area contributed by atoms with Crippen LogP contribution in [0.1, 0.15) is 29.8 Å². The summed E-state index contributed by atoms with van der Waals surface area (Å²) < 4.78 is 17.0.